The van der Waals surface area contributed by atoms with Crippen LogP contribution in [0.4, 0.5) is 0 Å². The number of carboxylic acid groups (broad SMARTS) is 1. The molecular formula is C12H21NO2. The first-order chi connectivity index (χ1) is 6.91. The first-order valence-electron chi connectivity index (χ1n) is 5.91. The normalized spacial score (nSPS) is 36.9. The van der Waals surface area contributed by atoms with Gasteiger partial charge in [0.05, 0.1) is 0 Å². The van der Waals surface area contributed by atoms with Gasteiger partial charge in [0.25, 0.3) is 0 Å². The monoisotopic (exact) mass is 211 g/mol. The predicted molar refractivity (Wildman–Crippen MR) is 58.7 cm³/mol. The number of carbonyl (C=O) groups is 1. The number of hydrogen-bond donors (Lipinski definition) is 1. The Labute approximate surface area is 91.5 Å². The molecule has 2 aliphatic rings. The fourth-order valence-corrected chi connectivity index (χ4v) is 3.31. The number of aliphatic carboxylic acids is 1. The van der Waals surface area contributed by atoms with Crippen molar-refractivity contribution >= 4 is 5.97 Å². The highest BCUT2D eigenvalue weighted by Gasteiger charge is 2.50. The molecule has 0 aromatic carbocycles. The van der Waals surface area contributed by atoms with E-state index in [0.29, 0.717) is 11.8 Å². The molecule has 0 aromatic heterocycles. The van der Waals surface area contributed by atoms with Crippen molar-refractivity contribution < 1.29 is 9.90 Å². The van der Waals surface area contributed by atoms with Crippen molar-refractivity contribution in [2.24, 2.45) is 11.8 Å². The minimum Gasteiger partial charge on any atom is -0.480 e. The van der Waals surface area contributed by atoms with E-state index in [1.54, 1.807) is 0 Å². The van der Waals surface area contributed by atoms with Gasteiger partial charge in [0.1, 0.15) is 6.04 Å². The van der Waals surface area contributed by atoms with Crippen molar-refractivity contribution in [3.05, 3.63) is 0 Å². The largest absolute Gasteiger partial charge is 0.480 e. The molecule has 0 spiro atoms. The molecule has 3 heteroatoms. The molecule has 0 bridgehead atoms. The van der Waals surface area contributed by atoms with Crippen LogP contribution in [0.3, 0.4) is 0 Å². The molecule has 1 heterocycles. The predicted octanol–water partition coefficient (Wildman–Crippen LogP) is 1.97. The van der Waals surface area contributed by atoms with E-state index in [-0.39, 0.29) is 11.6 Å². The summed E-state index contributed by atoms with van der Waals surface area (Å²) >= 11 is 0. The molecule has 3 atom stereocenters. The van der Waals surface area contributed by atoms with Gasteiger partial charge in [-0.1, -0.05) is 6.42 Å². The molecule has 0 amide bonds. The van der Waals surface area contributed by atoms with Gasteiger partial charge in [0.15, 0.2) is 0 Å². The summed E-state index contributed by atoms with van der Waals surface area (Å²) in [5.41, 5.74) is -0.0204. The SMILES string of the molecule is CC(C)(C)N1C[C@@H]2CCC[C@@H]2[C@H]1C(=O)O. The third-order valence-corrected chi connectivity index (χ3v) is 4.01. The molecule has 1 saturated carbocycles. The summed E-state index contributed by atoms with van der Waals surface area (Å²) in [7, 11) is 0. The molecule has 1 N–H and O–H groups in total. The van der Waals surface area contributed by atoms with Gasteiger partial charge in [0.2, 0.25) is 0 Å². The third-order valence-electron chi connectivity index (χ3n) is 4.01. The zero-order valence-corrected chi connectivity index (χ0v) is 9.86. The average Bonchev–Trinajstić information content (AvgIpc) is 2.56. The zero-order chi connectivity index (χ0) is 11.2. The smallest absolute Gasteiger partial charge is 0.321 e. The maximum Gasteiger partial charge on any atom is 0.321 e. The van der Waals surface area contributed by atoms with Gasteiger partial charge in [-0.25, -0.2) is 0 Å². The number of rotatable bonds is 1. The fraction of sp³-hybridized carbons (Fsp3) is 0.917. The quantitative estimate of drug-likeness (QED) is 0.721. The fourth-order valence-electron chi connectivity index (χ4n) is 3.31. The van der Waals surface area contributed by atoms with Gasteiger partial charge < -0.3 is 5.11 Å². The Morgan fingerprint density at radius 2 is 2.00 bits per heavy atom. The number of hydrogen-bond acceptors (Lipinski definition) is 2. The van der Waals surface area contributed by atoms with Crippen molar-refractivity contribution in [3.63, 3.8) is 0 Å². The lowest BCUT2D eigenvalue weighted by atomic mass is 9.93. The van der Waals surface area contributed by atoms with Crippen molar-refractivity contribution in [2.75, 3.05) is 6.54 Å². The molecule has 1 aliphatic heterocycles. The molecule has 2 rings (SSSR count). The van der Waals surface area contributed by atoms with E-state index < -0.39 is 5.97 Å². The molecule has 2 fully saturated rings. The Morgan fingerprint density at radius 1 is 1.33 bits per heavy atom. The van der Waals surface area contributed by atoms with Crippen LogP contribution in [0.5, 0.6) is 0 Å². The summed E-state index contributed by atoms with van der Waals surface area (Å²) in [4.78, 5) is 13.5. The van der Waals surface area contributed by atoms with Crippen LogP contribution in [0.15, 0.2) is 0 Å². The highest BCUT2D eigenvalue weighted by Crippen LogP contribution is 2.44. The second-order valence-corrected chi connectivity index (χ2v) is 5.96. The summed E-state index contributed by atoms with van der Waals surface area (Å²) in [6.45, 7) is 7.32. The maximum atomic E-state index is 11.4. The molecule has 0 unspecified atom stereocenters. The second-order valence-electron chi connectivity index (χ2n) is 5.96. The van der Waals surface area contributed by atoms with E-state index in [2.05, 4.69) is 25.7 Å². The second kappa shape index (κ2) is 3.48. The van der Waals surface area contributed by atoms with Gasteiger partial charge in [-0.15, -0.1) is 0 Å². The minimum absolute atomic E-state index is 0.0204. The van der Waals surface area contributed by atoms with Crippen LogP contribution < -0.4 is 0 Å². The van der Waals surface area contributed by atoms with Crippen LogP contribution in [-0.4, -0.2) is 34.1 Å². The average molecular weight is 211 g/mol. The van der Waals surface area contributed by atoms with Crippen LogP contribution in [0, 0.1) is 11.8 Å². The number of likely N-dealkylation sites (tertiary alicyclic amines) is 1. The summed E-state index contributed by atoms with van der Waals surface area (Å²) in [5, 5.41) is 9.35. The van der Waals surface area contributed by atoms with Crippen LogP contribution >= 0.6 is 0 Å². The van der Waals surface area contributed by atoms with Crippen molar-refractivity contribution in [1.29, 1.82) is 0 Å². The molecular weight excluding hydrogens is 190 g/mol. The van der Waals surface area contributed by atoms with E-state index in [1.165, 1.54) is 12.8 Å². The Hall–Kier alpha value is -0.570. The van der Waals surface area contributed by atoms with Crippen molar-refractivity contribution in [2.45, 2.75) is 51.6 Å². The molecule has 1 aliphatic carbocycles. The maximum absolute atomic E-state index is 11.4. The molecule has 3 nitrogen and oxygen atoms in total. The lowest BCUT2D eigenvalue weighted by molar-refractivity contribution is -0.145. The standard InChI is InChI=1S/C12H21NO2/c1-12(2,3)13-7-8-5-4-6-9(8)10(13)11(14)15/h8-10H,4-7H2,1-3H3,(H,14,15)/t8-,9-,10-/m0/s1. The third kappa shape index (κ3) is 1.78. The van der Waals surface area contributed by atoms with Crippen LogP contribution in [0.25, 0.3) is 0 Å². The molecule has 1 saturated heterocycles. The first kappa shape index (κ1) is 10.9. The zero-order valence-electron chi connectivity index (χ0n) is 9.86. The summed E-state index contributed by atoms with van der Waals surface area (Å²) in [5.74, 6) is 0.409. The summed E-state index contributed by atoms with van der Waals surface area (Å²) in [6.07, 6.45) is 3.55. The van der Waals surface area contributed by atoms with Gasteiger partial charge in [0, 0.05) is 12.1 Å². The highest BCUT2D eigenvalue weighted by atomic mass is 16.4. The van der Waals surface area contributed by atoms with Crippen LogP contribution in [0.2, 0.25) is 0 Å². The molecule has 0 radical (unpaired) electrons. The summed E-state index contributed by atoms with van der Waals surface area (Å²) in [6, 6.07) is -0.238. The van der Waals surface area contributed by atoms with Crippen LogP contribution in [0.1, 0.15) is 40.0 Å². The molecule has 0 aromatic rings. The van der Waals surface area contributed by atoms with E-state index in [4.69, 9.17) is 0 Å². The lowest BCUT2D eigenvalue weighted by Gasteiger charge is -2.36. The van der Waals surface area contributed by atoms with Gasteiger partial charge in [-0.2, -0.15) is 0 Å². The Bertz CT molecular complexity index is 269. The van der Waals surface area contributed by atoms with Gasteiger partial charge in [-0.3, -0.25) is 9.69 Å². The molecule has 86 valence electrons. The number of carboxylic acids is 1. The van der Waals surface area contributed by atoms with Crippen LogP contribution in [-0.2, 0) is 4.79 Å². The Balaban J connectivity index is 2.23. The summed E-state index contributed by atoms with van der Waals surface area (Å²) < 4.78 is 0. The van der Waals surface area contributed by atoms with Gasteiger partial charge in [-0.05, 0) is 45.4 Å². The number of fused-ring (bicyclic) bond motifs is 1. The Morgan fingerprint density at radius 3 is 2.53 bits per heavy atom. The Kier molecular flexibility index (Phi) is 2.53. The van der Waals surface area contributed by atoms with Crippen molar-refractivity contribution in [1.82, 2.24) is 4.90 Å². The van der Waals surface area contributed by atoms with Crippen molar-refractivity contribution in [3.8, 4) is 0 Å². The highest BCUT2D eigenvalue weighted by molar-refractivity contribution is 5.74. The van der Waals surface area contributed by atoms with E-state index in [0.717, 1.165) is 13.0 Å². The lowest BCUT2D eigenvalue weighted by Crippen LogP contribution is -2.49. The first-order valence-corrected chi connectivity index (χ1v) is 5.91. The molecule has 15 heavy (non-hydrogen) atoms. The van der Waals surface area contributed by atoms with Gasteiger partial charge >= 0.3 is 5.97 Å². The van der Waals surface area contributed by atoms with E-state index >= 15 is 0 Å². The topological polar surface area (TPSA) is 40.5 Å². The van der Waals surface area contributed by atoms with E-state index in [1.807, 2.05) is 0 Å². The van der Waals surface area contributed by atoms with E-state index in [9.17, 15) is 9.90 Å². The number of nitrogens with zero attached hydrogens (tertiary/aromatic N) is 1. The minimum atomic E-state index is -0.626.